The minimum absolute atomic E-state index is 0.0147. The molecule has 1 amide bonds. The first-order chi connectivity index (χ1) is 9.95. The molecule has 8 heteroatoms. The maximum absolute atomic E-state index is 11.3. The molecule has 21 heavy (non-hydrogen) atoms. The van der Waals surface area contributed by atoms with Crippen LogP contribution in [-0.4, -0.2) is 15.9 Å². The second kappa shape index (κ2) is 4.87. The molecule has 2 N–H and O–H groups in total. The summed E-state index contributed by atoms with van der Waals surface area (Å²) in [6.07, 6.45) is -1.04. The van der Waals surface area contributed by atoms with Gasteiger partial charge in [-0.05, 0) is 23.8 Å². The van der Waals surface area contributed by atoms with Crippen LogP contribution in [0, 0.1) is 10.1 Å². The Hall–Kier alpha value is -2.38. The third-order valence-electron chi connectivity index (χ3n) is 3.20. The van der Waals surface area contributed by atoms with Crippen LogP contribution >= 0.6 is 11.6 Å². The molecule has 1 aliphatic rings. The van der Waals surface area contributed by atoms with Gasteiger partial charge in [0.1, 0.15) is 16.8 Å². The van der Waals surface area contributed by atoms with Crippen LogP contribution in [0.1, 0.15) is 23.0 Å². The number of nitrogens with one attached hydrogen (secondary N) is 1. The standard InChI is InChI=1S/C13H9ClN2O5/c14-8-5-9-6(4-11(17)15-9)3-7(8)13(18)10-1-2-12(21-10)16(19)20/h1-3,5,13,18H,4H2,(H,15,17). The minimum atomic E-state index is -1.24. The number of nitrogens with zero attached hydrogens (tertiary/aromatic N) is 1. The maximum Gasteiger partial charge on any atom is 0.433 e. The third kappa shape index (κ3) is 2.37. The molecule has 0 radical (unpaired) electrons. The summed E-state index contributed by atoms with van der Waals surface area (Å²) in [5.74, 6) is -0.597. The highest BCUT2D eigenvalue weighted by atomic mass is 35.5. The van der Waals surface area contributed by atoms with E-state index in [9.17, 15) is 20.0 Å². The van der Waals surface area contributed by atoms with Crippen molar-refractivity contribution in [3.05, 3.63) is 56.3 Å². The Morgan fingerprint density at radius 3 is 2.86 bits per heavy atom. The first-order valence-electron chi connectivity index (χ1n) is 6.00. The molecule has 7 nitrogen and oxygen atoms in total. The average Bonchev–Trinajstić information content (AvgIpc) is 3.02. The fraction of sp³-hybridized carbons (Fsp3) is 0.154. The van der Waals surface area contributed by atoms with Crippen molar-refractivity contribution in [3.63, 3.8) is 0 Å². The molecule has 0 fully saturated rings. The van der Waals surface area contributed by atoms with Crippen LogP contribution < -0.4 is 5.32 Å². The summed E-state index contributed by atoms with van der Waals surface area (Å²) < 4.78 is 4.97. The molecule has 1 aromatic carbocycles. The van der Waals surface area contributed by atoms with Gasteiger partial charge in [0.2, 0.25) is 5.91 Å². The van der Waals surface area contributed by atoms with Gasteiger partial charge in [-0.1, -0.05) is 11.6 Å². The molecule has 1 unspecified atom stereocenters. The molecule has 0 aliphatic carbocycles. The van der Waals surface area contributed by atoms with Gasteiger partial charge in [-0.3, -0.25) is 14.9 Å². The molecule has 108 valence electrons. The van der Waals surface area contributed by atoms with Gasteiger partial charge in [0, 0.05) is 16.3 Å². The molecule has 1 aliphatic heterocycles. The molecule has 1 atom stereocenters. The second-order valence-corrected chi connectivity index (χ2v) is 5.00. The van der Waals surface area contributed by atoms with Gasteiger partial charge in [-0.25, -0.2) is 0 Å². The Labute approximate surface area is 123 Å². The topological polar surface area (TPSA) is 106 Å². The first-order valence-corrected chi connectivity index (χ1v) is 6.38. The third-order valence-corrected chi connectivity index (χ3v) is 3.53. The Bertz CT molecular complexity index is 755. The van der Waals surface area contributed by atoms with Crippen LogP contribution in [0.25, 0.3) is 0 Å². The highest BCUT2D eigenvalue weighted by Gasteiger charge is 2.25. The summed E-state index contributed by atoms with van der Waals surface area (Å²) in [7, 11) is 0. The molecule has 0 saturated heterocycles. The number of furan rings is 1. The number of hydrogen-bond acceptors (Lipinski definition) is 5. The van der Waals surface area contributed by atoms with E-state index in [2.05, 4.69) is 5.32 Å². The Morgan fingerprint density at radius 1 is 1.43 bits per heavy atom. The normalized spacial score (nSPS) is 14.7. The van der Waals surface area contributed by atoms with Crippen LogP contribution in [0.2, 0.25) is 5.02 Å². The number of carbonyl (C=O) groups excluding carboxylic acids is 1. The van der Waals surface area contributed by atoms with Crippen LogP contribution in [0.5, 0.6) is 0 Å². The molecule has 0 bridgehead atoms. The quantitative estimate of drug-likeness (QED) is 0.669. The smallest absolute Gasteiger partial charge is 0.403 e. The molecular weight excluding hydrogens is 300 g/mol. The van der Waals surface area contributed by atoms with Crippen molar-refractivity contribution in [2.24, 2.45) is 0 Å². The fourth-order valence-corrected chi connectivity index (χ4v) is 2.48. The molecule has 3 rings (SSSR count). The van der Waals surface area contributed by atoms with Gasteiger partial charge in [-0.2, -0.15) is 0 Å². The number of aliphatic hydroxyl groups is 1. The first kappa shape index (κ1) is 13.6. The van der Waals surface area contributed by atoms with E-state index >= 15 is 0 Å². The summed E-state index contributed by atoms with van der Waals surface area (Å²) in [5.41, 5.74) is 1.64. The molecule has 2 heterocycles. The number of halogens is 1. The lowest BCUT2D eigenvalue weighted by Gasteiger charge is -2.12. The number of rotatable bonds is 3. The van der Waals surface area contributed by atoms with Crippen molar-refractivity contribution < 1.29 is 19.2 Å². The van der Waals surface area contributed by atoms with Crippen molar-refractivity contribution in [2.45, 2.75) is 12.5 Å². The van der Waals surface area contributed by atoms with Crippen LogP contribution in [0.3, 0.4) is 0 Å². The Morgan fingerprint density at radius 2 is 2.19 bits per heavy atom. The number of fused-ring (bicyclic) bond motifs is 1. The van der Waals surface area contributed by atoms with E-state index in [1.165, 1.54) is 12.1 Å². The highest BCUT2D eigenvalue weighted by molar-refractivity contribution is 6.32. The lowest BCUT2D eigenvalue weighted by Crippen LogP contribution is -2.03. The number of anilines is 1. The molecule has 0 spiro atoms. The van der Waals surface area contributed by atoms with Crippen molar-refractivity contribution in [1.29, 1.82) is 0 Å². The Balaban J connectivity index is 1.98. The number of carbonyl (C=O) groups is 1. The Kier molecular flexibility index (Phi) is 3.15. The summed E-state index contributed by atoms with van der Waals surface area (Å²) in [6.45, 7) is 0. The van der Waals surface area contributed by atoms with Gasteiger partial charge in [-0.15, -0.1) is 0 Å². The zero-order valence-electron chi connectivity index (χ0n) is 10.5. The van der Waals surface area contributed by atoms with Gasteiger partial charge in [0.05, 0.1) is 12.5 Å². The van der Waals surface area contributed by atoms with Crippen molar-refractivity contribution >= 4 is 29.1 Å². The zero-order valence-corrected chi connectivity index (χ0v) is 11.3. The van der Waals surface area contributed by atoms with Crippen LogP contribution in [0.15, 0.2) is 28.7 Å². The average molecular weight is 309 g/mol. The SMILES string of the molecule is O=C1Cc2cc(C(O)c3ccc([N+](=O)[O-])o3)c(Cl)cc2N1. The molecule has 2 aromatic rings. The largest absolute Gasteiger partial charge is 0.433 e. The lowest BCUT2D eigenvalue weighted by molar-refractivity contribution is -0.402. The van der Waals surface area contributed by atoms with Gasteiger partial charge in [0.25, 0.3) is 0 Å². The maximum atomic E-state index is 11.3. The van der Waals surface area contributed by atoms with E-state index < -0.39 is 16.9 Å². The van der Waals surface area contributed by atoms with E-state index in [1.807, 2.05) is 0 Å². The van der Waals surface area contributed by atoms with Crippen molar-refractivity contribution in [2.75, 3.05) is 5.32 Å². The highest BCUT2D eigenvalue weighted by Crippen LogP contribution is 2.36. The monoisotopic (exact) mass is 308 g/mol. The summed E-state index contributed by atoms with van der Waals surface area (Å²) in [4.78, 5) is 21.2. The summed E-state index contributed by atoms with van der Waals surface area (Å²) in [5, 5.41) is 23.7. The number of nitro groups is 1. The van der Waals surface area contributed by atoms with Crippen molar-refractivity contribution in [1.82, 2.24) is 0 Å². The molecule has 1 aromatic heterocycles. The molecule has 0 saturated carbocycles. The van der Waals surface area contributed by atoms with Crippen molar-refractivity contribution in [3.8, 4) is 0 Å². The van der Waals surface area contributed by atoms with Crippen LogP contribution in [-0.2, 0) is 11.2 Å². The number of aliphatic hydroxyl groups excluding tert-OH is 1. The van der Waals surface area contributed by atoms with E-state index in [-0.39, 0.29) is 23.1 Å². The van der Waals surface area contributed by atoms with E-state index in [0.717, 1.165) is 6.07 Å². The number of benzene rings is 1. The summed E-state index contributed by atoms with van der Waals surface area (Å²) in [6, 6.07) is 5.60. The van der Waals surface area contributed by atoms with E-state index in [4.69, 9.17) is 16.0 Å². The predicted molar refractivity (Wildman–Crippen MR) is 73.2 cm³/mol. The minimum Gasteiger partial charge on any atom is -0.403 e. The summed E-state index contributed by atoms with van der Waals surface area (Å²) >= 11 is 6.08. The lowest BCUT2D eigenvalue weighted by atomic mass is 10.0. The van der Waals surface area contributed by atoms with Gasteiger partial charge in [0.15, 0.2) is 0 Å². The van der Waals surface area contributed by atoms with E-state index in [0.29, 0.717) is 16.8 Å². The number of amides is 1. The zero-order chi connectivity index (χ0) is 15.1. The fourth-order valence-electron chi connectivity index (χ4n) is 2.22. The molecular formula is C13H9ClN2O5. The van der Waals surface area contributed by atoms with Crippen LogP contribution in [0.4, 0.5) is 11.6 Å². The second-order valence-electron chi connectivity index (χ2n) is 4.59. The van der Waals surface area contributed by atoms with E-state index in [1.54, 1.807) is 6.07 Å². The van der Waals surface area contributed by atoms with Gasteiger partial charge >= 0.3 is 5.88 Å². The predicted octanol–water partition coefficient (Wildman–Crippen LogP) is 2.42. The van der Waals surface area contributed by atoms with Gasteiger partial charge < -0.3 is 14.8 Å². The number of hydrogen-bond donors (Lipinski definition) is 2.